The molecule has 5 nitrogen and oxygen atoms in total. The molecule has 0 radical (unpaired) electrons. The maximum Gasteiger partial charge on any atom is 0.206 e. The number of ether oxygens (including phenoxy) is 1. The first-order chi connectivity index (χ1) is 15.7. The third-order valence-electron chi connectivity index (χ3n) is 4.72. The highest BCUT2D eigenvalue weighted by Gasteiger charge is 2.20. The van der Waals surface area contributed by atoms with Gasteiger partial charge in [-0.05, 0) is 84.9 Å². The van der Waals surface area contributed by atoms with Gasteiger partial charge in [0.2, 0.25) is 19.7 Å². The molecule has 4 aromatic rings. The van der Waals surface area contributed by atoms with Gasteiger partial charge in [0.25, 0.3) is 0 Å². The summed E-state index contributed by atoms with van der Waals surface area (Å²) in [6.07, 6.45) is 0. The van der Waals surface area contributed by atoms with Gasteiger partial charge in [0.15, 0.2) is 0 Å². The molecule has 0 heterocycles. The van der Waals surface area contributed by atoms with Crippen LogP contribution < -0.4 is 4.74 Å². The maximum absolute atomic E-state index is 13.2. The molecule has 33 heavy (non-hydrogen) atoms. The van der Waals surface area contributed by atoms with Crippen LogP contribution in [0.25, 0.3) is 0 Å². The summed E-state index contributed by atoms with van der Waals surface area (Å²) >= 11 is 0. The lowest BCUT2D eigenvalue weighted by Gasteiger charge is -2.10. The van der Waals surface area contributed by atoms with Gasteiger partial charge in [-0.1, -0.05) is 12.1 Å². The Morgan fingerprint density at radius 3 is 1.21 bits per heavy atom. The molecule has 9 heteroatoms. The first kappa shape index (κ1) is 22.6. The highest BCUT2D eigenvalue weighted by atomic mass is 32.2. The Labute approximate surface area is 189 Å². The smallest absolute Gasteiger partial charge is 0.206 e. The van der Waals surface area contributed by atoms with E-state index in [1.165, 1.54) is 72.8 Å². The number of hydrogen-bond acceptors (Lipinski definition) is 5. The van der Waals surface area contributed by atoms with Crippen LogP contribution in [0, 0.1) is 11.6 Å². The largest absolute Gasteiger partial charge is 0.457 e. The minimum atomic E-state index is -3.91. The highest BCUT2D eigenvalue weighted by molar-refractivity contribution is 7.91. The Balaban J connectivity index is 1.63. The van der Waals surface area contributed by atoms with Crippen LogP contribution in [0.2, 0.25) is 0 Å². The van der Waals surface area contributed by atoms with E-state index < -0.39 is 31.3 Å². The molecule has 0 bridgehead atoms. The summed E-state index contributed by atoms with van der Waals surface area (Å²) in [6, 6.07) is 20.2. The normalized spacial score (nSPS) is 11.8. The lowest BCUT2D eigenvalue weighted by atomic mass is 10.3. The van der Waals surface area contributed by atoms with Crippen LogP contribution in [-0.2, 0) is 19.7 Å². The molecule has 0 aliphatic rings. The first-order valence-electron chi connectivity index (χ1n) is 9.55. The Morgan fingerprint density at radius 2 is 0.848 bits per heavy atom. The first-order valence-corrected chi connectivity index (χ1v) is 12.5. The second-order valence-corrected chi connectivity index (χ2v) is 10.9. The summed E-state index contributed by atoms with van der Waals surface area (Å²) in [5, 5.41) is 0. The van der Waals surface area contributed by atoms with Crippen LogP contribution in [0.1, 0.15) is 0 Å². The molecule has 0 atom stereocenters. The molecular weight excluding hydrogens is 470 g/mol. The predicted octanol–water partition coefficient (Wildman–Crippen LogP) is 5.42. The highest BCUT2D eigenvalue weighted by Crippen LogP contribution is 2.30. The molecule has 4 rings (SSSR count). The topological polar surface area (TPSA) is 77.5 Å². The van der Waals surface area contributed by atoms with Crippen LogP contribution in [-0.4, -0.2) is 16.8 Å². The molecule has 0 saturated carbocycles. The zero-order chi connectivity index (χ0) is 23.6. The number of benzene rings is 4. The van der Waals surface area contributed by atoms with E-state index in [9.17, 15) is 25.6 Å². The van der Waals surface area contributed by atoms with Crippen molar-refractivity contribution in [3.05, 3.63) is 109 Å². The van der Waals surface area contributed by atoms with Crippen molar-refractivity contribution in [2.75, 3.05) is 0 Å². The van der Waals surface area contributed by atoms with Gasteiger partial charge in [0.1, 0.15) is 23.1 Å². The number of halogens is 2. The van der Waals surface area contributed by atoms with Gasteiger partial charge < -0.3 is 4.74 Å². The predicted molar refractivity (Wildman–Crippen MR) is 117 cm³/mol. The standard InChI is InChI=1S/C24H16F2O5S2/c25-17-7-11-21(12-8-17)32(27,28)23-5-1-3-19(15-23)31-20-4-2-6-24(16-20)33(29,30)22-13-9-18(26)10-14-22/h1-16H. The molecule has 0 aliphatic heterocycles. The molecule has 0 fully saturated rings. The third kappa shape index (κ3) is 4.79. The van der Waals surface area contributed by atoms with Crippen LogP contribution >= 0.6 is 0 Å². The van der Waals surface area contributed by atoms with Gasteiger partial charge in [0.05, 0.1) is 19.6 Å². The fourth-order valence-corrected chi connectivity index (χ4v) is 5.64. The van der Waals surface area contributed by atoms with Crippen molar-refractivity contribution in [2.24, 2.45) is 0 Å². The summed E-state index contributed by atoms with van der Waals surface area (Å²) in [5.41, 5.74) is 0. The van der Waals surface area contributed by atoms with Gasteiger partial charge in [-0.15, -0.1) is 0 Å². The monoisotopic (exact) mass is 486 g/mol. The molecule has 0 spiro atoms. The van der Waals surface area contributed by atoms with Gasteiger partial charge in [-0.25, -0.2) is 25.6 Å². The van der Waals surface area contributed by atoms with Crippen LogP contribution in [0.5, 0.6) is 11.5 Å². The van der Waals surface area contributed by atoms with Crippen LogP contribution in [0.3, 0.4) is 0 Å². The summed E-state index contributed by atoms with van der Waals surface area (Å²) in [6.45, 7) is 0. The summed E-state index contributed by atoms with van der Waals surface area (Å²) in [7, 11) is -7.83. The molecule has 0 unspecified atom stereocenters. The Morgan fingerprint density at radius 1 is 0.485 bits per heavy atom. The van der Waals surface area contributed by atoms with Crippen molar-refractivity contribution in [1.29, 1.82) is 0 Å². The number of hydrogen-bond donors (Lipinski definition) is 0. The number of rotatable bonds is 6. The maximum atomic E-state index is 13.2. The van der Waals surface area contributed by atoms with Crippen molar-refractivity contribution in [2.45, 2.75) is 19.6 Å². The van der Waals surface area contributed by atoms with E-state index in [0.29, 0.717) is 0 Å². The molecule has 0 aromatic heterocycles. The Hall–Kier alpha value is -3.56. The second kappa shape index (κ2) is 8.76. The number of sulfone groups is 2. The molecule has 168 valence electrons. The van der Waals surface area contributed by atoms with Gasteiger partial charge in [-0.3, -0.25) is 0 Å². The van der Waals surface area contributed by atoms with E-state index in [0.717, 1.165) is 24.3 Å². The zero-order valence-corrected chi connectivity index (χ0v) is 18.5. The molecule has 4 aromatic carbocycles. The molecule has 0 N–H and O–H groups in total. The van der Waals surface area contributed by atoms with Gasteiger partial charge in [0, 0.05) is 0 Å². The molecule has 0 amide bonds. The van der Waals surface area contributed by atoms with Gasteiger partial charge >= 0.3 is 0 Å². The van der Waals surface area contributed by atoms with Crippen LogP contribution in [0.15, 0.2) is 117 Å². The lowest BCUT2D eigenvalue weighted by molar-refractivity contribution is 0.479. The van der Waals surface area contributed by atoms with E-state index in [2.05, 4.69) is 0 Å². The van der Waals surface area contributed by atoms with Gasteiger partial charge in [-0.2, -0.15) is 0 Å². The zero-order valence-electron chi connectivity index (χ0n) is 16.9. The van der Waals surface area contributed by atoms with Crippen molar-refractivity contribution in [1.82, 2.24) is 0 Å². The van der Waals surface area contributed by atoms with Crippen molar-refractivity contribution in [3.8, 4) is 11.5 Å². The quantitative estimate of drug-likeness (QED) is 0.340. The molecular formula is C24H16F2O5S2. The average Bonchev–Trinajstić information content (AvgIpc) is 2.80. The van der Waals surface area contributed by atoms with Crippen LogP contribution in [0.4, 0.5) is 8.78 Å². The van der Waals surface area contributed by atoms with E-state index in [4.69, 9.17) is 4.74 Å². The van der Waals surface area contributed by atoms with Crippen molar-refractivity contribution < 1.29 is 30.4 Å². The fourth-order valence-electron chi connectivity index (χ4n) is 3.05. The average molecular weight is 487 g/mol. The van der Waals surface area contributed by atoms with E-state index in [-0.39, 0.29) is 31.1 Å². The molecule has 0 saturated heterocycles. The minimum absolute atomic E-state index is 0.0679. The van der Waals surface area contributed by atoms with Crippen molar-refractivity contribution in [3.63, 3.8) is 0 Å². The third-order valence-corrected chi connectivity index (χ3v) is 8.25. The summed E-state index contributed by atoms with van der Waals surface area (Å²) in [4.78, 5) is -0.287. The summed E-state index contributed by atoms with van der Waals surface area (Å²) < 4.78 is 83.3. The summed E-state index contributed by atoms with van der Waals surface area (Å²) in [5.74, 6) is -0.785. The second-order valence-electron chi connectivity index (χ2n) is 6.97. The Kier molecular flexibility index (Phi) is 6.01. The van der Waals surface area contributed by atoms with E-state index in [1.807, 2.05) is 0 Å². The minimum Gasteiger partial charge on any atom is -0.457 e. The van der Waals surface area contributed by atoms with E-state index in [1.54, 1.807) is 0 Å². The SMILES string of the molecule is O=S(=O)(c1ccc(F)cc1)c1cccc(Oc2cccc(S(=O)(=O)c3ccc(F)cc3)c2)c1. The fraction of sp³-hybridized carbons (Fsp3) is 0. The van der Waals surface area contributed by atoms with E-state index >= 15 is 0 Å². The Bertz CT molecular complexity index is 1400. The van der Waals surface area contributed by atoms with Crippen molar-refractivity contribution >= 4 is 19.7 Å². The lowest BCUT2D eigenvalue weighted by Crippen LogP contribution is -2.03. The molecule has 0 aliphatic carbocycles.